The summed E-state index contributed by atoms with van der Waals surface area (Å²) in [4.78, 5) is 11.6. The van der Waals surface area contributed by atoms with E-state index >= 15 is 0 Å². The Kier molecular flexibility index (Phi) is 9.84. The van der Waals surface area contributed by atoms with Crippen molar-refractivity contribution < 1.29 is 14.3 Å². The van der Waals surface area contributed by atoms with Crippen molar-refractivity contribution in [3.05, 3.63) is 35.9 Å². The number of unbranched alkanes of at least 4 members (excludes halogenated alkanes) is 4. The fourth-order valence-electron chi connectivity index (χ4n) is 1.98. The summed E-state index contributed by atoms with van der Waals surface area (Å²) in [5.74, 6) is 0.516. The molecule has 0 N–H and O–H groups in total. The fraction of sp³-hybridized carbons (Fsp3) is 0.526. The molecule has 122 valence electrons. The lowest BCUT2D eigenvalue weighted by Crippen LogP contribution is -2.02. The van der Waals surface area contributed by atoms with Gasteiger partial charge >= 0.3 is 5.97 Å². The van der Waals surface area contributed by atoms with Crippen LogP contribution in [0.25, 0.3) is 6.08 Å². The largest absolute Gasteiger partial charge is 0.493 e. The highest BCUT2D eigenvalue weighted by atomic mass is 16.5. The van der Waals surface area contributed by atoms with Gasteiger partial charge in [0.2, 0.25) is 0 Å². The third-order valence-electron chi connectivity index (χ3n) is 3.32. The molecule has 0 radical (unpaired) electrons. The minimum Gasteiger partial charge on any atom is -0.493 e. The summed E-state index contributed by atoms with van der Waals surface area (Å²) in [6.45, 7) is 5.46. The van der Waals surface area contributed by atoms with E-state index in [0.29, 0.717) is 13.2 Å². The quantitative estimate of drug-likeness (QED) is 0.328. The Morgan fingerprint density at radius 2 is 1.77 bits per heavy atom. The lowest BCUT2D eigenvalue weighted by Gasteiger charge is -2.09. The van der Waals surface area contributed by atoms with Gasteiger partial charge in [0, 0.05) is 11.6 Å². The summed E-state index contributed by atoms with van der Waals surface area (Å²) in [6, 6.07) is 7.75. The minimum atomic E-state index is -0.300. The minimum absolute atomic E-state index is 0.300. The zero-order valence-electron chi connectivity index (χ0n) is 13.8. The van der Waals surface area contributed by atoms with Crippen molar-refractivity contribution in [2.45, 2.75) is 52.4 Å². The van der Waals surface area contributed by atoms with Gasteiger partial charge in [-0.25, -0.2) is 4.79 Å². The zero-order valence-corrected chi connectivity index (χ0v) is 13.8. The molecule has 3 heteroatoms. The smallest absolute Gasteiger partial charge is 0.330 e. The van der Waals surface area contributed by atoms with Crippen LogP contribution in [0.2, 0.25) is 0 Å². The summed E-state index contributed by atoms with van der Waals surface area (Å²) in [5.41, 5.74) is 0.908. The molecule has 0 fully saturated rings. The molecule has 3 nitrogen and oxygen atoms in total. The van der Waals surface area contributed by atoms with Crippen LogP contribution in [0.1, 0.15) is 57.9 Å². The molecule has 0 spiro atoms. The van der Waals surface area contributed by atoms with Crippen molar-refractivity contribution in [2.24, 2.45) is 0 Å². The standard InChI is InChI=1S/C19H28O3/c1-3-5-7-10-16-21-18-12-9-8-11-17(18)13-14-19(20)22-15-6-4-2/h8-9,11-14H,3-7,10,15-16H2,1-2H3. The van der Waals surface area contributed by atoms with E-state index in [9.17, 15) is 4.79 Å². The molecule has 0 aliphatic heterocycles. The van der Waals surface area contributed by atoms with Crippen LogP contribution in [0.15, 0.2) is 30.3 Å². The Balaban J connectivity index is 2.46. The topological polar surface area (TPSA) is 35.5 Å². The van der Waals surface area contributed by atoms with Gasteiger partial charge in [0.1, 0.15) is 5.75 Å². The van der Waals surface area contributed by atoms with E-state index in [2.05, 4.69) is 13.8 Å². The first-order valence-corrected chi connectivity index (χ1v) is 8.34. The number of hydrogen-bond acceptors (Lipinski definition) is 3. The van der Waals surface area contributed by atoms with Crippen LogP contribution in [-0.2, 0) is 9.53 Å². The van der Waals surface area contributed by atoms with Crippen molar-refractivity contribution in [2.75, 3.05) is 13.2 Å². The van der Waals surface area contributed by atoms with Crippen LogP contribution in [0, 0.1) is 0 Å². The normalized spacial score (nSPS) is 10.8. The first-order valence-electron chi connectivity index (χ1n) is 8.34. The molecular weight excluding hydrogens is 276 g/mol. The second kappa shape index (κ2) is 11.8. The van der Waals surface area contributed by atoms with Gasteiger partial charge in [0.15, 0.2) is 0 Å². The molecule has 0 aliphatic carbocycles. The van der Waals surface area contributed by atoms with Crippen LogP contribution in [-0.4, -0.2) is 19.2 Å². The number of carbonyl (C=O) groups excluding carboxylic acids is 1. The monoisotopic (exact) mass is 304 g/mol. The molecule has 0 atom stereocenters. The summed E-state index contributed by atoms with van der Waals surface area (Å²) in [7, 11) is 0. The lowest BCUT2D eigenvalue weighted by atomic mass is 10.2. The Morgan fingerprint density at radius 1 is 1.00 bits per heavy atom. The van der Waals surface area contributed by atoms with Crippen molar-refractivity contribution in [1.82, 2.24) is 0 Å². The summed E-state index contributed by atoms with van der Waals surface area (Å²) < 4.78 is 10.9. The summed E-state index contributed by atoms with van der Waals surface area (Å²) in [5, 5.41) is 0. The lowest BCUT2D eigenvalue weighted by molar-refractivity contribution is -0.137. The van der Waals surface area contributed by atoms with Crippen molar-refractivity contribution in [3.63, 3.8) is 0 Å². The third-order valence-corrected chi connectivity index (χ3v) is 3.32. The highest BCUT2D eigenvalue weighted by Crippen LogP contribution is 2.20. The molecular formula is C19H28O3. The second-order valence-electron chi connectivity index (χ2n) is 5.30. The van der Waals surface area contributed by atoms with E-state index in [1.165, 1.54) is 25.3 Å². The van der Waals surface area contributed by atoms with Crippen LogP contribution < -0.4 is 4.74 Å². The molecule has 0 aromatic heterocycles. The molecule has 22 heavy (non-hydrogen) atoms. The van der Waals surface area contributed by atoms with Crippen molar-refractivity contribution >= 4 is 12.0 Å². The highest BCUT2D eigenvalue weighted by molar-refractivity contribution is 5.87. The maximum Gasteiger partial charge on any atom is 0.330 e. The number of esters is 1. The maximum absolute atomic E-state index is 11.6. The fourth-order valence-corrected chi connectivity index (χ4v) is 1.98. The van der Waals surface area contributed by atoms with Gasteiger partial charge in [0.25, 0.3) is 0 Å². The first kappa shape index (κ1) is 18.3. The number of rotatable bonds is 11. The van der Waals surface area contributed by atoms with Crippen LogP contribution >= 0.6 is 0 Å². The SMILES string of the molecule is CCCCCCOc1ccccc1C=CC(=O)OCCCC. The molecule has 0 saturated carbocycles. The Morgan fingerprint density at radius 3 is 2.55 bits per heavy atom. The summed E-state index contributed by atoms with van der Waals surface area (Å²) in [6.07, 6.45) is 9.87. The average molecular weight is 304 g/mol. The molecule has 0 saturated heterocycles. The number of ether oxygens (including phenoxy) is 2. The van der Waals surface area contributed by atoms with E-state index in [-0.39, 0.29) is 5.97 Å². The summed E-state index contributed by atoms with van der Waals surface area (Å²) >= 11 is 0. The number of para-hydroxylation sites is 1. The van der Waals surface area contributed by atoms with Crippen LogP contribution in [0.4, 0.5) is 0 Å². The van der Waals surface area contributed by atoms with Crippen molar-refractivity contribution in [1.29, 1.82) is 0 Å². The van der Waals surface area contributed by atoms with Gasteiger partial charge in [-0.2, -0.15) is 0 Å². The maximum atomic E-state index is 11.6. The number of carbonyl (C=O) groups is 1. The average Bonchev–Trinajstić information content (AvgIpc) is 2.54. The van der Waals surface area contributed by atoms with E-state index in [1.54, 1.807) is 6.08 Å². The van der Waals surface area contributed by atoms with E-state index in [4.69, 9.17) is 9.47 Å². The van der Waals surface area contributed by atoms with Crippen LogP contribution in [0.3, 0.4) is 0 Å². The van der Waals surface area contributed by atoms with E-state index in [0.717, 1.165) is 30.6 Å². The molecule has 1 rings (SSSR count). The van der Waals surface area contributed by atoms with Gasteiger partial charge < -0.3 is 9.47 Å². The Labute approximate surface area is 134 Å². The Hall–Kier alpha value is -1.77. The molecule has 0 heterocycles. The first-order chi connectivity index (χ1) is 10.8. The predicted molar refractivity (Wildman–Crippen MR) is 91.0 cm³/mol. The Bertz CT molecular complexity index is 452. The van der Waals surface area contributed by atoms with Gasteiger partial charge in [0.05, 0.1) is 13.2 Å². The van der Waals surface area contributed by atoms with Gasteiger partial charge in [-0.15, -0.1) is 0 Å². The predicted octanol–water partition coefficient (Wildman–Crippen LogP) is 5.00. The molecule has 0 unspecified atom stereocenters. The van der Waals surface area contributed by atoms with E-state index in [1.807, 2.05) is 24.3 Å². The van der Waals surface area contributed by atoms with Crippen LogP contribution in [0.5, 0.6) is 5.75 Å². The molecule has 1 aromatic rings. The van der Waals surface area contributed by atoms with Crippen molar-refractivity contribution in [3.8, 4) is 5.75 Å². The second-order valence-corrected chi connectivity index (χ2v) is 5.30. The molecule has 0 bridgehead atoms. The highest BCUT2D eigenvalue weighted by Gasteiger charge is 2.01. The van der Waals surface area contributed by atoms with Gasteiger partial charge in [-0.3, -0.25) is 0 Å². The van der Waals surface area contributed by atoms with Gasteiger partial charge in [-0.05, 0) is 25.0 Å². The molecule has 0 aliphatic rings. The number of hydrogen-bond donors (Lipinski definition) is 0. The molecule has 0 amide bonds. The van der Waals surface area contributed by atoms with E-state index < -0.39 is 0 Å². The number of benzene rings is 1. The third kappa shape index (κ3) is 7.87. The molecule has 1 aromatic carbocycles. The zero-order chi connectivity index (χ0) is 16.0. The van der Waals surface area contributed by atoms with Gasteiger partial charge in [-0.1, -0.05) is 57.7 Å².